The van der Waals surface area contributed by atoms with E-state index in [1.54, 1.807) is 62.3 Å². The summed E-state index contributed by atoms with van der Waals surface area (Å²) in [6, 6.07) is 11.6. The van der Waals surface area contributed by atoms with Gasteiger partial charge in [-0.1, -0.05) is 30.8 Å². The van der Waals surface area contributed by atoms with E-state index in [-0.39, 0.29) is 48.7 Å². The van der Waals surface area contributed by atoms with Crippen molar-refractivity contribution in [3.63, 3.8) is 0 Å². The number of imidazole rings is 1. The number of rotatable bonds is 16. The highest BCUT2D eigenvalue weighted by molar-refractivity contribution is 5.98. The third kappa shape index (κ3) is 9.11. The number of fused-ring (bicyclic) bond motifs is 1. The summed E-state index contributed by atoms with van der Waals surface area (Å²) in [5.74, 6) is -2.43. The molecule has 7 N–H and O–H groups in total. The second-order valence-corrected chi connectivity index (χ2v) is 11.3. The Labute approximate surface area is 275 Å². The number of amides is 4. The second-order valence-electron chi connectivity index (χ2n) is 11.3. The van der Waals surface area contributed by atoms with E-state index in [4.69, 9.17) is 10.6 Å². The summed E-state index contributed by atoms with van der Waals surface area (Å²) in [4.78, 5) is 61.1. The molecule has 0 fully saturated rings. The second kappa shape index (κ2) is 16.1. The molecule has 48 heavy (non-hydrogen) atoms. The third-order valence-corrected chi connectivity index (χ3v) is 7.31. The molecule has 3 atom stereocenters. The molecule has 0 aliphatic rings. The summed E-state index contributed by atoms with van der Waals surface area (Å²) >= 11 is 0. The van der Waals surface area contributed by atoms with Crippen molar-refractivity contribution in [2.75, 3.05) is 13.1 Å². The maximum absolute atomic E-state index is 13.2. The van der Waals surface area contributed by atoms with Crippen LogP contribution in [0.5, 0.6) is 5.75 Å². The monoisotopic (exact) mass is 659 g/mol. The van der Waals surface area contributed by atoms with Gasteiger partial charge in [0, 0.05) is 43.9 Å². The predicted molar refractivity (Wildman–Crippen MR) is 170 cm³/mol. The Hall–Kier alpha value is -5.86. The molecule has 0 saturated heterocycles. The number of para-hydroxylation sites is 1. The first kappa shape index (κ1) is 35.0. The van der Waals surface area contributed by atoms with Gasteiger partial charge in [-0.15, -0.1) is 5.10 Å². The quantitative estimate of drug-likeness (QED) is 0.0818. The molecular formula is C31H37N11O6. The maximum atomic E-state index is 13.2. The highest BCUT2D eigenvalue weighted by Gasteiger charge is 2.26. The van der Waals surface area contributed by atoms with E-state index in [1.165, 1.54) is 23.0 Å². The largest absolute Gasteiger partial charge is 0.376 e. The molecule has 4 rings (SSSR count). The fourth-order valence-corrected chi connectivity index (χ4v) is 4.69. The molecule has 0 aliphatic heterocycles. The molecule has 0 saturated carbocycles. The molecule has 4 aromatic rings. The molecule has 0 spiro atoms. The van der Waals surface area contributed by atoms with Crippen LogP contribution in [0, 0.1) is 17.2 Å². The lowest BCUT2D eigenvalue weighted by molar-refractivity contribution is -0.124. The van der Waals surface area contributed by atoms with Crippen LogP contribution in [-0.4, -0.2) is 84.8 Å². The smallest absolute Gasteiger partial charge is 0.251 e. The lowest BCUT2D eigenvalue weighted by Crippen LogP contribution is -2.53. The van der Waals surface area contributed by atoms with E-state index in [0.717, 1.165) is 5.69 Å². The molecule has 252 valence electrons. The number of primary amides is 1. The number of hydrogen-bond donors (Lipinski definition) is 6. The molecule has 4 amide bonds. The molecule has 2 aromatic heterocycles. The average molecular weight is 660 g/mol. The standard InChI is InChI=1S/C31H37N11O6/c1-18(2)28(31(47)35-11-10-27(44)37-23(30(46)36-16-26(33)43)13-21-15-34-17-41(21)3)38-29(45)19-8-9-25(20(12-19)14-32)48-42-24-7-5-4-6-22(24)39-40-42/h4-9,12,15,17-18,23,28,30,36,46H,10-11,13,16H2,1-3H3,(H2,33,43)(H,35,47)(H,37,44)(H,38,45)/t23-,28-,30?/m0/s1. The van der Waals surface area contributed by atoms with Gasteiger partial charge in [0.15, 0.2) is 5.75 Å². The minimum atomic E-state index is -1.30. The predicted octanol–water partition coefficient (Wildman–Crippen LogP) is -0.740. The van der Waals surface area contributed by atoms with Gasteiger partial charge in [-0.3, -0.25) is 24.5 Å². The number of nitrogens with zero attached hydrogens (tertiary/aromatic N) is 6. The lowest BCUT2D eigenvalue weighted by Gasteiger charge is -2.25. The summed E-state index contributed by atoms with van der Waals surface area (Å²) in [6.45, 7) is 3.14. The zero-order valence-electron chi connectivity index (χ0n) is 26.6. The summed E-state index contributed by atoms with van der Waals surface area (Å²) in [5.41, 5.74) is 7.26. The Bertz CT molecular complexity index is 1810. The minimum absolute atomic E-state index is 0.0609. The van der Waals surface area contributed by atoms with Gasteiger partial charge >= 0.3 is 0 Å². The highest BCUT2D eigenvalue weighted by atomic mass is 16.7. The van der Waals surface area contributed by atoms with Crippen molar-refractivity contribution >= 4 is 34.7 Å². The SMILES string of the molecule is CC(C)[C@H](NC(=O)c1ccc(On2nnc3ccccc32)c(C#N)c1)C(=O)NCCC(=O)N[C@@H](Cc1cncn1C)C(O)NCC(N)=O. The van der Waals surface area contributed by atoms with Gasteiger partial charge in [0.1, 0.15) is 29.4 Å². The summed E-state index contributed by atoms with van der Waals surface area (Å²) in [7, 11) is 1.76. The number of aryl methyl sites for hydroxylation is 1. The molecule has 17 heteroatoms. The molecule has 0 bridgehead atoms. The topological polar surface area (TPSA) is 244 Å². The van der Waals surface area contributed by atoms with Crippen LogP contribution in [0.25, 0.3) is 11.0 Å². The number of nitriles is 1. The fraction of sp³-hybridized carbons (Fsp3) is 0.355. The van der Waals surface area contributed by atoms with Crippen LogP contribution in [0.4, 0.5) is 0 Å². The molecule has 0 aliphatic carbocycles. The van der Waals surface area contributed by atoms with Crippen LogP contribution >= 0.6 is 0 Å². The average Bonchev–Trinajstić information content (AvgIpc) is 3.67. The number of carbonyl (C=O) groups excluding carboxylic acids is 4. The zero-order chi connectivity index (χ0) is 34.8. The van der Waals surface area contributed by atoms with Crippen LogP contribution in [0.2, 0.25) is 0 Å². The van der Waals surface area contributed by atoms with Crippen molar-refractivity contribution in [3.8, 4) is 11.8 Å². The van der Waals surface area contributed by atoms with Crippen molar-refractivity contribution < 1.29 is 29.1 Å². The van der Waals surface area contributed by atoms with Gasteiger partial charge in [-0.05, 0) is 41.5 Å². The van der Waals surface area contributed by atoms with E-state index in [9.17, 15) is 29.5 Å². The van der Waals surface area contributed by atoms with Crippen LogP contribution in [0.3, 0.4) is 0 Å². The van der Waals surface area contributed by atoms with Crippen LogP contribution in [0.15, 0.2) is 55.0 Å². The Morgan fingerprint density at radius 3 is 2.58 bits per heavy atom. The lowest BCUT2D eigenvalue weighted by atomic mass is 10.0. The van der Waals surface area contributed by atoms with Gasteiger partial charge in [0.2, 0.25) is 17.7 Å². The Morgan fingerprint density at radius 2 is 1.90 bits per heavy atom. The number of aliphatic hydroxyl groups excluding tert-OH is 1. The van der Waals surface area contributed by atoms with Gasteiger partial charge in [0.25, 0.3) is 5.91 Å². The molecule has 0 radical (unpaired) electrons. The highest BCUT2D eigenvalue weighted by Crippen LogP contribution is 2.22. The van der Waals surface area contributed by atoms with Gasteiger partial charge in [0.05, 0.1) is 24.5 Å². The summed E-state index contributed by atoms with van der Waals surface area (Å²) in [6.07, 6.45) is 1.93. The number of aliphatic hydroxyl groups is 1. The number of nitrogens with two attached hydrogens (primary N) is 1. The van der Waals surface area contributed by atoms with E-state index in [0.29, 0.717) is 11.0 Å². The first-order chi connectivity index (χ1) is 23.0. The van der Waals surface area contributed by atoms with Crippen LogP contribution < -0.4 is 31.8 Å². The summed E-state index contributed by atoms with van der Waals surface area (Å²) < 4.78 is 1.73. The van der Waals surface area contributed by atoms with Gasteiger partial charge in [-0.2, -0.15) is 5.26 Å². The maximum Gasteiger partial charge on any atom is 0.251 e. The minimum Gasteiger partial charge on any atom is -0.376 e. The van der Waals surface area contributed by atoms with Crippen molar-refractivity contribution in [3.05, 3.63) is 71.8 Å². The van der Waals surface area contributed by atoms with Gasteiger partial charge in [-0.25, -0.2) is 4.98 Å². The Balaban J connectivity index is 1.33. The number of benzene rings is 2. The number of carbonyl (C=O) groups is 4. The zero-order valence-corrected chi connectivity index (χ0v) is 26.6. The van der Waals surface area contributed by atoms with E-state index in [1.807, 2.05) is 6.07 Å². The number of hydrogen-bond acceptors (Lipinski definition) is 11. The third-order valence-electron chi connectivity index (χ3n) is 7.31. The molecule has 17 nitrogen and oxygen atoms in total. The molecule has 2 heterocycles. The van der Waals surface area contributed by atoms with Crippen molar-refractivity contribution in [2.45, 2.75) is 45.0 Å². The van der Waals surface area contributed by atoms with E-state index >= 15 is 0 Å². The molecular weight excluding hydrogens is 622 g/mol. The number of aromatic nitrogens is 5. The normalized spacial score (nSPS) is 12.9. The van der Waals surface area contributed by atoms with E-state index < -0.39 is 41.9 Å². The first-order valence-corrected chi connectivity index (χ1v) is 15.0. The first-order valence-electron chi connectivity index (χ1n) is 15.0. The number of nitrogens with one attached hydrogen (secondary N) is 4. The van der Waals surface area contributed by atoms with Crippen molar-refractivity contribution in [1.29, 1.82) is 5.26 Å². The van der Waals surface area contributed by atoms with Crippen LogP contribution in [0.1, 0.15) is 41.9 Å². The Morgan fingerprint density at radius 1 is 1.12 bits per heavy atom. The van der Waals surface area contributed by atoms with Crippen LogP contribution in [-0.2, 0) is 27.9 Å². The van der Waals surface area contributed by atoms with E-state index in [2.05, 4.69) is 36.6 Å². The van der Waals surface area contributed by atoms with Crippen molar-refractivity contribution in [1.82, 2.24) is 46.0 Å². The van der Waals surface area contributed by atoms with Crippen molar-refractivity contribution in [2.24, 2.45) is 18.7 Å². The van der Waals surface area contributed by atoms with Gasteiger partial charge < -0.3 is 36.2 Å². The molecule has 1 unspecified atom stereocenters. The fourth-order valence-electron chi connectivity index (χ4n) is 4.69. The molecule has 2 aromatic carbocycles. The Kier molecular flexibility index (Phi) is 11.7. The summed E-state index contributed by atoms with van der Waals surface area (Å²) in [5, 5.41) is 38.9.